The van der Waals surface area contributed by atoms with Crippen LogP contribution in [0.3, 0.4) is 0 Å². The summed E-state index contributed by atoms with van der Waals surface area (Å²) in [7, 11) is 0. The molecule has 0 radical (unpaired) electrons. The largest absolute Gasteiger partial charge is 0.391 e. The summed E-state index contributed by atoms with van der Waals surface area (Å²) in [5, 5.41) is 12.8. The van der Waals surface area contributed by atoms with Gasteiger partial charge in [0.2, 0.25) is 5.91 Å². The van der Waals surface area contributed by atoms with Crippen LogP contribution in [-0.4, -0.2) is 23.7 Å². The number of carbonyl (C=O) groups excluding carboxylic acids is 1. The number of amides is 1. The van der Waals surface area contributed by atoms with Crippen LogP contribution in [-0.2, 0) is 11.2 Å². The number of rotatable bonds is 5. The van der Waals surface area contributed by atoms with E-state index in [1.54, 1.807) is 0 Å². The zero-order valence-corrected chi connectivity index (χ0v) is 11.6. The van der Waals surface area contributed by atoms with E-state index < -0.39 is 0 Å². The third-order valence-electron chi connectivity index (χ3n) is 4.06. The molecule has 1 amide bonds. The Balaban J connectivity index is 1.77. The topological polar surface area (TPSA) is 49.3 Å². The summed E-state index contributed by atoms with van der Waals surface area (Å²) >= 11 is 0. The fraction of sp³-hybridized carbons (Fsp3) is 0.562. The second-order valence-electron chi connectivity index (χ2n) is 5.52. The van der Waals surface area contributed by atoms with Crippen molar-refractivity contribution in [2.24, 2.45) is 5.92 Å². The SMILES string of the molecule is Cc1ccccc1CC(=O)NCC(O)C1CCCC1. The minimum absolute atomic E-state index is 0.00801. The molecule has 2 rings (SSSR count). The number of aliphatic hydroxyl groups excluding tert-OH is 1. The van der Waals surface area contributed by atoms with Crippen LogP contribution in [0.2, 0.25) is 0 Å². The van der Waals surface area contributed by atoms with Crippen molar-refractivity contribution >= 4 is 5.91 Å². The van der Waals surface area contributed by atoms with Crippen LogP contribution in [0.4, 0.5) is 0 Å². The Labute approximate surface area is 115 Å². The van der Waals surface area contributed by atoms with E-state index in [9.17, 15) is 9.90 Å². The van der Waals surface area contributed by atoms with E-state index in [2.05, 4.69) is 5.32 Å². The monoisotopic (exact) mass is 261 g/mol. The summed E-state index contributed by atoms with van der Waals surface area (Å²) in [6.45, 7) is 2.39. The van der Waals surface area contributed by atoms with Gasteiger partial charge >= 0.3 is 0 Å². The standard InChI is InChI=1S/C16H23NO2/c1-12-6-2-3-9-14(12)10-16(19)17-11-15(18)13-7-4-5-8-13/h2-3,6,9,13,15,18H,4-5,7-8,10-11H2,1H3,(H,17,19). The van der Waals surface area contributed by atoms with Crippen molar-refractivity contribution in [3.05, 3.63) is 35.4 Å². The molecular weight excluding hydrogens is 238 g/mol. The molecule has 0 heterocycles. The molecule has 19 heavy (non-hydrogen) atoms. The molecule has 1 aliphatic rings. The Kier molecular flexibility index (Phi) is 4.97. The molecule has 1 unspecified atom stereocenters. The smallest absolute Gasteiger partial charge is 0.224 e. The summed E-state index contributed by atoms with van der Waals surface area (Å²) in [6.07, 6.45) is 4.61. The molecule has 1 saturated carbocycles. The zero-order valence-electron chi connectivity index (χ0n) is 11.6. The molecule has 1 aromatic carbocycles. The maximum absolute atomic E-state index is 11.9. The van der Waals surface area contributed by atoms with Gasteiger partial charge in [-0.25, -0.2) is 0 Å². The van der Waals surface area contributed by atoms with Gasteiger partial charge in [-0.1, -0.05) is 37.1 Å². The Bertz CT molecular complexity index is 425. The Morgan fingerprint density at radius 3 is 2.74 bits per heavy atom. The van der Waals surface area contributed by atoms with Gasteiger partial charge in [0.05, 0.1) is 12.5 Å². The summed E-state index contributed by atoms with van der Waals surface area (Å²) in [6, 6.07) is 7.90. The fourth-order valence-corrected chi connectivity index (χ4v) is 2.77. The molecule has 0 aromatic heterocycles. The number of benzene rings is 1. The molecule has 0 aliphatic heterocycles. The highest BCUT2D eigenvalue weighted by Gasteiger charge is 2.23. The number of nitrogens with one attached hydrogen (secondary N) is 1. The lowest BCUT2D eigenvalue weighted by Gasteiger charge is -2.18. The molecule has 3 heteroatoms. The number of carbonyl (C=O) groups is 1. The predicted molar refractivity (Wildman–Crippen MR) is 75.9 cm³/mol. The summed E-state index contributed by atoms with van der Waals surface area (Å²) in [4.78, 5) is 11.9. The van der Waals surface area contributed by atoms with E-state index in [4.69, 9.17) is 0 Å². The van der Waals surface area contributed by atoms with Gasteiger partial charge in [0.1, 0.15) is 0 Å². The third kappa shape index (κ3) is 4.06. The zero-order chi connectivity index (χ0) is 13.7. The van der Waals surface area contributed by atoms with Gasteiger partial charge in [-0.15, -0.1) is 0 Å². The van der Waals surface area contributed by atoms with Crippen molar-refractivity contribution in [1.82, 2.24) is 5.32 Å². The van der Waals surface area contributed by atoms with E-state index in [1.165, 1.54) is 12.8 Å². The normalized spacial score (nSPS) is 17.4. The minimum atomic E-state index is -0.386. The number of hydrogen-bond donors (Lipinski definition) is 2. The third-order valence-corrected chi connectivity index (χ3v) is 4.06. The Morgan fingerprint density at radius 2 is 2.05 bits per heavy atom. The lowest BCUT2D eigenvalue weighted by Crippen LogP contribution is -2.36. The van der Waals surface area contributed by atoms with Crippen LogP contribution in [0.25, 0.3) is 0 Å². The molecule has 1 atom stereocenters. The highest BCUT2D eigenvalue weighted by molar-refractivity contribution is 5.78. The molecule has 3 nitrogen and oxygen atoms in total. The average Bonchev–Trinajstić information content (AvgIpc) is 2.93. The lowest BCUT2D eigenvalue weighted by molar-refractivity contribution is -0.121. The first-order chi connectivity index (χ1) is 9.16. The summed E-state index contributed by atoms with van der Waals surface area (Å²) < 4.78 is 0. The van der Waals surface area contributed by atoms with E-state index in [0.717, 1.165) is 24.0 Å². The molecule has 0 spiro atoms. The molecule has 1 fully saturated rings. The van der Waals surface area contributed by atoms with Crippen molar-refractivity contribution in [1.29, 1.82) is 0 Å². The van der Waals surface area contributed by atoms with E-state index in [0.29, 0.717) is 18.9 Å². The van der Waals surface area contributed by atoms with Crippen LogP contribution < -0.4 is 5.32 Å². The molecular formula is C16H23NO2. The van der Waals surface area contributed by atoms with Gasteiger partial charge < -0.3 is 10.4 Å². The molecule has 2 N–H and O–H groups in total. The second-order valence-corrected chi connectivity index (χ2v) is 5.52. The van der Waals surface area contributed by atoms with Gasteiger partial charge in [0, 0.05) is 6.54 Å². The maximum atomic E-state index is 11.9. The second kappa shape index (κ2) is 6.71. The van der Waals surface area contributed by atoms with E-state index in [1.807, 2.05) is 31.2 Å². The Hall–Kier alpha value is -1.35. The molecule has 0 saturated heterocycles. The first kappa shape index (κ1) is 14.1. The van der Waals surface area contributed by atoms with Crippen LogP contribution in [0.15, 0.2) is 24.3 Å². The maximum Gasteiger partial charge on any atom is 0.224 e. The van der Waals surface area contributed by atoms with Gasteiger partial charge in [-0.3, -0.25) is 4.79 Å². The summed E-state index contributed by atoms with van der Waals surface area (Å²) in [5.74, 6) is 0.366. The average molecular weight is 261 g/mol. The van der Waals surface area contributed by atoms with Gasteiger partial charge in [-0.05, 0) is 36.8 Å². The van der Waals surface area contributed by atoms with Gasteiger partial charge in [-0.2, -0.15) is 0 Å². The van der Waals surface area contributed by atoms with E-state index in [-0.39, 0.29) is 12.0 Å². The molecule has 104 valence electrons. The number of aliphatic hydroxyl groups is 1. The lowest BCUT2D eigenvalue weighted by atomic mass is 10.0. The fourth-order valence-electron chi connectivity index (χ4n) is 2.77. The first-order valence-corrected chi connectivity index (χ1v) is 7.16. The van der Waals surface area contributed by atoms with Crippen LogP contribution >= 0.6 is 0 Å². The van der Waals surface area contributed by atoms with Crippen molar-refractivity contribution in [2.75, 3.05) is 6.54 Å². The highest BCUT2D eigenvalue weighted by atomic mass is 16.3. The molecule has 0 bridgehead atoms. The minimum Gasteiger partial charge on any atom is -0.391 e. The molecule has 1 aromatic rings. The van der Waals surface area contributed by atoms with Crippen molar-refractivity contribution < 1.29 is 9.90 Å². The van der Waals surface area contributed by atoms with Gasteiger partial charge in [0.15, 0.2) is 0 Å². The quantitative estimate of drug-likeness (QED) is 0.853. The van der Waals surface area contributed by atoms with E-state index >= 15 is 0 Å². The van der Waals surface area contributed by atoms with Crippen LogP contribution in [0.5, 0.6) is 0 Å². The van der Waals surface area contributed by atoms with Crippen LogP contribution in [0, 0.1) is 12.8 Å². The van der Waals surface area contributed by atoms with Gasteiger partial charge in [0.25, 0.3) is 0 Å². The number of aryl methyl sites for hydroxylation is 1. The van der Waals surface area contributed by atoms with Crippen molar-refractivity contribution in [2.45, 2.75) is 45.1 Å². The molecule has 1 aliphatic carbocycles. The summed E-state index contributed by atoms with van der Waals surface area (Å²) in [5.41, 5.74) is 2.18. The number of hydrogen-bond acceptors (Lipinski definition) is 2. The first-order valence-electron chi connectivity index (χ1n) is 7.16. The van der Waals surface area contributed by atoms with Crippen molar-refractivity contribution in [3.8, 4) is 0 Å². The highest BCUT2D eigenvalue weighted by Crippen LogP contribution is 2.27. The van der Waals surface area contributed by atoms with Crippen molar-refractivity contribution in [3.63, 3.8) is 0 Å². The van der Waals surface area contributed by atoms with Crippen LogP contribution in [0.1, 0.15) is 36.8 Å². The Morgan fingerprint density at radius 1 is 1.37 bits per heavy atom. The predicted octanol–water partition coefficient (Wildman–Crippen LogP) is 2.20.